The molecule has 7 heteroatoms. The highest BCUT2D eigenvalue weighted by Gasteiger charge is 2.30. The average Bonchev–Trinajstić information content (AvgIpc) is 2.82. The fourth-order valence-electron chi connectivity index (χ4n) is 3.71. The van der Waals surface area contributed by atoms with Gasteiger partial charge in [0.2, 0.25) is 0 Å². The van der Waals surface area contributed by atoms with Gasteiger partial charge in [-0.25, -0.2) is 5.43 Å². The van der Waals surface area contributed by atoms with Gasteiger partial charge < -0.3 is 10.2 Å². The molecular formula is C26H25N6O+. The highest BCUT2D eigenvalue weighted by molar-refractivity contribution is 5.94. The SMILES string of the molecule is CN(C)CCNC(=O)c1ccc(-c2ccc3c(n2)[N+](=Cc2ccc4ncccc4c2)N3)cc1. The summed E-state index contributed by atoms with van der Waals surface area (Å²) in [4.78, 5) is 23.5. The van der Waals surface area contributed by atoms with Crippen molar-refractivity contribution in [3.63, 3.8) is 0 Å². The summed E-state index contributed by atoms with van der Waals surface area (Å²) in [5.74, 6) is 0.799. The van der Waals surface area contributed by atoms with Crippen molar-refractivity contribution in [2.45, 2.75) is 0 Å². The summed E-state index contributed by atoms with van der Waals surface area (Å²) in [7, 11) is 3.96. The fourth-order valence-corrected chi connectivity index (χ4v) is 3.71. The van der Waals surface area contributed by atoms with E-state index in [0.29, 0.717) is 12.1 Å². The maximum atomic E-state index is 12.3. The van der Waals surface area contributed by atoms with Gasteiger partial charge in [-0.3, -0.25) is 9.78 Å². The number of nitrogens with one attached hydrogen (secondary N) is 2. The molecule has 2 aromatic carbocycles. The number of pyridine rings is 2. The highest BCUT2D eigenvalue weighted by atomic mass is 16.1. The zero-order valence-electron chi connectivity index (χ0n) is 18.6. The topological polar surface area (TPSA) is 73.2 Å². The second-order valence-electron chi connectivity index (χ2n) is 8.27. The minimum absolute atomic E-state index is 0.0657. The number of hydrazine groups is 1. The summed E-state index contributed by atoms with van der Waals surface area (Å²) in [6.07, 6.45) is 3.82. The van der Waals surface area contributed by atoms with Crippen LogP contribution in [0.2, 0.25) is 0 Å². The Bertz CT molecular complexity index is 1360. The summed E-state index contributed by atoms with van der Waals surface area (Å²) in [6, 6.07) is 21.7. The predicted molar refractivity (Wildman–Crippen MR) is 131 cm³/mol. The van der Waals surface area contributed by atoms with E-state index in [-0.39, 0.29) is 5.91 Å². The van der Waals surface area contributed by atoms with Crippen molar-refractivity contribution in [2.75, 3.05) is 32.6 Å². The Kier molecular flexibility index (Phi) is 5.54. The largest absolute Gasteiger partial charge is 0.374 e. The quantitative estimate of drug-likeness (QED) is 0.450. The average molecular weight is 438 g/mol. The number of hydrogen-bond acceptors (Lipinski definition) is 5. The third-order valence-corrected chi connectivity index (χ3v) is 5.54. The first-order valence-electron chi connectivity index (χ1n) is 10.9. The molecule has 0 spiro atoms. The van der Waals surface area contributed by atoms with Crippen LogP contribution in [0, 0.1) is 0 Å². The van der Waals surface area contributed by atoms with E-state index in [9.17, 15) is 4.79 Å². The Morgan fingerprint density at radius 3 is 2.76 bits per heavy atom. The Morgan fingerprint density at radius 2 is 1.94 bits per heavy atom. The lowest BCUT2D eigenvalue weighted by Crippen LogP contribution is -2.31. The molecule has 1 aliphatic heterocycles. The molecule has 0 saturated heterocycles. The normalized spacial score (nSPS) is 13.5. The molecule has 0 unspecified atom stereocenters. The van der Waals surface area contributed by atoms with Gasteiger partial charge in [0.1, 0.15) is 6.21 Å². The van der Waals surface area contributed by atoms with Crippen molar-refractivity contribution in [1.82, 2.24) is 20.2 Å². The molecule has 1 aliphatic rings. The van der Waals surface area contributed by atoms with Gasteiger partial charge in [0.15, 0.2) is 11.4 Å². The van der Waals surface area contributed by atoms with E-state index >= 15 is 0 Å². The summed E-state index contributed by atoms with van der Waals surface area (Å²) in [5, 5.41) is 4.03. The number of aromatic nitrogens is 2. The van der Waals surface area contributed by atoms with Gasteiger partial charge in [-0.2, -0.15) is 0 Å². The molecule has 1 amide bonds. The van der Waals surface area contributed by atoms with Gasteiger partial charge in [0, 0.05) is 41.4 Å². The molecule has 164 valence electrons. The molecule has 7 nitrogen and oxygen atoms in total. The van der Waals surface area contributed by atoms with Crippen LogP contribution in [-0.2, 0) is 0 Å². The number of hydrazone groups is 1. The van der Waals surface area contributed by atoms with Crippen LogP contribution >= 0.6 is 0 Å². The number of nitrogens with zero attached hydrogens (tertiary/aromatic N) is 4. The number of fused-ring (bicyclic) bond motifs is 2. The molecule has 4 aromatic rings. The van der Waals surface area contributed by atoms with Crippen LogP contribution in [0.15, 0.2) is 72.9 Å². The van der Waals surface area contributed by atoms with Crippen LogP contribution in [0.4, 0.5) is 11.5 Å². The van der Waals surface area contributed by atoms with Crippen molar-refractivity contribution in [2.24, 2.45) is 0 Å². The number of benzene rings is 2. The summed E-state index contributed by atoms with van der Waals surface area (Å²) < 4.78 is 1.92. The molecular weight excluding hydrogens is 412 g/mol. The molecule has 0 aliphatic carbocycles. The van der Waals surface area contributed by atoms with Crippen LogP contribution in [0.3, 0.4) is 0 Å². The van der Waals surface area contributed by atoms with Gasteiger partial charge in [-0.1, -0.05) is 6.07 Å². The number of carbonyl (C=O) groups excluding carboxylic acids is 1. The zero-order valence-corrected chi connectivity index (χ0v) is 18.6. The molecule has 33 heavy (non-hydrogen) atoms. The fraction of sp³-hybridized carbons (Fsp3) is 0.154. The number of carbonyl (C=O) groups is 1. The van der Waals surface area contributed by atoms with Gasteiger partial charge in [0.25, 0.3) is 5.91 Å². The van der Waals surface area contributed by atoms with Crippen molar-refractivity contribution < 1.29 is 9.48 Å². The molecule has 0 saturated carbocycles. The van der Waals surface area contributed by atoms with E-state index in [0.717, 1.165) is 45.8 Å². The third-order valence-electron chi connectivity index (χ3n) is 5.54. The first-order valence-corrected chi connectivity index (χ1v) is 10.9. The summed E-state index contributed by atoms with van der Waals surface area (Å²) >= 11 is 0. The van der Waals surface area contributed by atoms with Gasteiger partial charge >= 0.3 is 5.82 Å². The molecule has 0 atom stereocenters. The van der Waals surface area contributed by atoms with E-state index in [1.165, 1.54) is 0 Å². The van der Waals surface area contributed by atoms with Crippen molar-refractivity contribution >= 4 is 34.5 Å². The maximum absolute atomic E-state index is 12.3. The van der Waals surface area contributed by atoms with Crippen LogP contribution in [0.1, 0.15) is 15.9 Å². The van der Waals surface area contributed by atoms with Crippen LogP contribution < -0.4 is 10.7 Å². The monoisotopic (exact) mass is 437 g/mol. The number of hydrogen-bond donors (Lipinski definition) is 2. The molecule has 0 bridgehead atoms. The lowest BCUT2D eigenvalue weighted by atomic mass is 10.1. The van der Waals surface area contributed by atoms with Crippen LogP contribution in [-0.4, -0.2) is 58.9 Å². The lowest BCUT2D eigenvalue weighted by Gasteiger charge is -2.17. The van der Waals surface area contributed by atoms with E-state index in [1.807, 2.05) is 84.5 Å². The lowest BCUT2D eigenvalue weighted by molar-refractivity contribution is -0.426. The van der Waals surface area contributed by atoms with Crippen molar-refractivity contribution in [1.29, 1.82) is 0 Å². The number of amides is 1. The second kappa shape index (κ2) is 8.80. The molecule has 0 radical (unpaired) electrons. The molecule has 5 rings (SSSR count). The number of rotatable bonds is 6. The standard InChI is InChI=1S/C26H24N6O/c1-31(2)15-14-28-26(33)20-8-6-19(7-9-20)23-11-12-24-25(29-23)32(30-24)17-18-5-10-22-21(16-18)4-3-13-27-22/h3-13,16-17H,14-15H2,1-2H3,(H-,28,30,33)/p+1. The first kappa shape index (κ1) is 20.8. The third kappa shape index (κ3) is 4.44. The summed E-state index contributed by atoms with van der Waals surface area (Å²) in [6.45, 7) is 1.42. The predicted octanol–water partition coefficient (Wildman–Crippen LogP) is 3.69. The van der Waals surface area contributed by atoms with Gasteiger partial charge in [-0.05, 0) is 79.7 Å². The highest BCUT2D eigenvalue weighted by Crippen LogP contribution is 2.33. The zero-order chi connectivity index (χ0) is 22.8. The van der Waals surface area contributed by atoms with E-state index in [4.69, 9.17) is 4.98 Å². The van der Waals surface area contributed by atoms with Crippen LogP contribution in [0.5, 0.6) is 0 Å². The van der Waals surface area contributed by atoms with Crippen molar-refractivity contribution in [3.05, 3.63) is 84.1 Å². The van der Waals surface area contributed by atoms with E-state index in [1.54, 1.807) is 6.20 Å². The Morgan fingerprint density at radius 1 is 1.09 bits per heavy atom. The smallest absolute Gasteiger partial charge is 0.351 e. The number of anilines is 1. The Hall–Kier alpha value is -4.10. The second-order valence-corrected chi connectivity index (χ2v) is 8.27. The Labute approximate surface area is 192 Å². The number of likely N-dealkylation sites (N-methyl/N-ethyl adjacent to an activating group) is 1. The molecule has 3 heterocycles. The maximum Gasteiger partial charge on any atom is 0.374 e. The minimum atomic E-state index is -0.0657. The molecule has 2 N–H and O–H groups in total. The van der Waals surface area contributed by atoms with Crippen molar-refractivity contribution in [3.8, 4) is 11.3 Å². The van der Waals surface area contributed by atoms with Gasteiger partial charge in [-0.15, -0.1) is 4.68 Å². The molecule has 2 aromatic heterocycles. The van der Waals surface area contributed by atoms with Crippen LogP contribution in [0.25, 0.3) is 22.2 Å². The Balaban J connectivity index is 1.33. The summed E-state index contributed by atoms with van der Waals surface area (Å²) in [5.41, 5.74) is 8.77. The molecule has 0 fully saturated rings. The first-order chi connectivity index (χ1) is 16.1. The van der Waals surface area contributed by atoms with E-state index < -0.39 is 0 Å². The minimum Gasteiger partial charge on any atom is -0.351 e. The van der Waals surface area contributed by atoms with E-state index in [2.05, 4.69) is 27.9 Å². The van der Waals surface area contributed by atoms with Gasteiger partial charge in [0.05, 0.1) is 5.52 Å².